The average Bonchev–Trinajstić information content (AvgIpc) is 3.30. The van der Waals surface area contributed by atoms with Gasteiger partial charge < -0.3 is 4.42 Å². The van der Waals surface area contributed by atoms with Crippen molar-refractivity contribution < 1.29 is 9.21 Å². The number of azo groups is 1. The van der Waals surface area contributed by atoms with Crippen molar-refractivity contribution in [1.82, 2.24) is 0 Å². The maximum absolute atomic E-state index is 12.9. The third-order valence-corrected chi connectivity index (χ3v) is 5.72. The molecule has 2 heterocycles. The molecule has 0 bridgehead atoms. The van der Waals surface area contributed by atoms with Crippen LogP contribution in [0.5, 0.6) is 0 Å². The first-order chi connectivity index (χ1) is 14.0. The molecule has 144 valence electrons. The summed E-state index contributed by atoms with van der Waals surface area (Å²) < 4.78 is 5.80. The van der Waals surface area contributed by atoms with Gasteiger partial charge in [-0.05, 0) is 61.4 Å². The molecule has 5 nitrogen and oxygen atoms in total. The number of thiocarbonyl (C=S) groups is 1. The van der Waals surface area contributed by atoms with Gasteiger partial charge in [0.15, 0.2) is 4.32 Å². The number of furan rings is 1. The number of aryl methyl sites for hydroxylation is 2. The summed E-state index contributed by atoms with van der Waals surface area (Å²) in [4.78, 5) is 15.0. The van der Waals surface area contributed by atoms with E-state index in [4.69, 9.17) is 16.6 Å². The van der Waals surface area contributed by atoms with Crippen LogP contribution in [0.3, 0.4) is 0 Å². The third kappa shape index (κ3) is 4.06. The molecular formula is C22H17N3O2S2. The molecule has 1 aliphatic heterocycles. The van der Waals surface area contributed by atoms with Crippen molar-refractivity contribution >= 4 is 57.3 Å². The first kappa shape index (κ1) is 19.3. The number of carbonyl (C=O) groups excluding carboxylic acids is 1. The van der Waals surface area contributed by atoms with Crippen LogP contribution in [-0.2, 0) is 4.79 Å². The molecule has 0 saturated carbocycles. The third-order valence-electron chi connectivity index (χ3n) is 4.42. The number of nitrogens with zero attached hydrogens (tertiary/aromatic N) is 3. The van der Waals surface area contributed by atoms with Crippen LogP contribution in [0, 0.1) is 13.8 Å². The van der Waals surface area contributed by atoms with Crippen molar-refractivity contribution in [3.63, 3.8) is 0 Å². The van der Waals surface area contributed by atoms with E-state index in [9.17, 15) is 4.79 Å². The first-order valence-electron chi connectivity index (χ1n) is 8.92. The van der Waals surface area contributed by atoms with E-state index in [0.717, 1.165) is 22.5 Å². The number of carbonyl (C=O) groups is 1. The van der Waals surface area contributed by atoms with Crippen LogP contribution in [-0.4, -0.2) is 10.2 Å². The van der Waals surface area contributed by atoms with Crippen LogP contribution in [0.25, 0.3) is 6.08 Å². The van der Waals surface area contributed by atoms with Gasteiger partial charge in [0.2, 0.25) is 0 Å². The predicted molar refractivity (Wildman–Crippen MR) is 121 cm³/mol. The molecule has 0 N–H and O–H groups in total. The molecule has 0 unspecified atom stereocenters. The fourth-order valence-corrected chi connectivity index (χ4v) is 4.18. The summed E-state index contributed by atoms with van der Waals surface area (Å²) in [7, 11) is 0. The molecule has 1 aliphatic rings. The van der Waals surface area contributed by atoms with Gasteiger partial charge in [0.1, 0.15) is 5.76 Å². The van der Waals surface area contributed by atoms with Gasteiger partial charge in [0.05, 0.1) is 28.2 Å². The second-order valence-corrected chi connectivity index (χ2v) is 8.17. The van der Waals surface area contributed by atoms with Gasteiger partial charge in [-0.15, -0.1) is 0 Å². The zero-order valence-electron chi connectivity index (χ0n) is 15.8. The van der Waals surface area contributed by atoms with E-state index in [2.05, 4.69) is 10.2 Å². The highest BCUT2D eigenvalue weighted by atomic mass is 32.2. The Kier molecular flexibility index (Phi) is 5.42. The largest absolute Gasteiger partial charge is 0.465 e. The number of benzene rings is 2. The van der Waals surface area contributed by atoms with E-state index in [1.807, 2.05) is 56.3 Å². The Morgan fingerprint density at radius 3 is 2.59 bits per heavy atom. The summed E-state index contributed by atoms with van der Waals surface area (Å²) >= 11 is 6.71. The van der Waals surface area contributed by atoms with Crippen LogP contribution in [0.1, 0.15) is 16.9 Å². The minimum Gasteiger partial charge on any atom is -0.465 e. The Morgan fingerprint density at radius 2 is 1.86 bits per heavy atom. The second kappa shape index (κ2) is 8.14. The summed E-state index contributed by atoms with van der Waals surface area (Å²) in [5, 5.41) is 8.65. The fourth-order valence-electron chi connectivity index (χ4n) is 2.92. The minimum atomic E-state index is -0.159. The van der Waals surface area contributed by atoms with Gasteiger partial charge in [-0.2, -0.15) is 10.2 Å². The molecule has 0 spiro atoms. The smallest absolute Gasteiger partial charge is 0.270 e. The Bertz CT molecular complexity index is 1150. The second-order valence-electron chi connectivity index (χ2n) is 6.49. The van der Waals surface area contributed by atoms with Crippen molar-refractivity contribution in [3.05, 3.63) is 82.7 Å². The van der Waals surface area contributed by atoms with Crippen molar-refractivity contribution in [2.75, 3.05) is 4.90 Å². The first-order valence-corrected chi connectivity index (χ1v) is 10.1. The molecule has 3 aromatic rings. The average molecular weight is 420 g/mol. The normalized spacial score (nSPS) is 15.8. The number of thioether (sulfide) groups is 1. The van der Waals surface area contributed by atoms with Gasteiger partial charge in [-0.3, -0.25) is 9.69 Å². The van der Waals surface area contributed by atoms with Gasteiger partial charge in [-0.1, -0.05) is 42.2 Å². The predicted octanol–water partition coefficient (Wildman–Crippen LogP) is 6.72. The van der Waals surface area contributed by atoms with Crippen LogP contribution < -0.4 is 4.90 Å². The van der Waals surface area contributed by atoms with Crippen LogP contribution in [0.2, 0.25) is 0 Å². The highest BCUT2D eigenvalue weighted by Crippen LogP contribution is 2.38. The molecule has 0 radical (unpaired) electrons. The highest BCUT2D eigenvalue weighted by molar-refractivity contribution is 8.27. The number of hydrogen-bond donors (Lipinski definition) is 0. The van der Waals surface area contributed by atoms with E-state index in [1.165, 1.54) is 11.8 Å². The molecule has 0 aliphatic carbocycles. The Morgan fingerprint density at radius 1 is 1.03 bits per heavy atom. The lowest BCUT2D eigenvalue weighted by Crippen LogP contribution is -2.28. The van der Waals surface area contributed by atoms with Gasteiger partial charge in [-0.25, -0.2) is 0 Å². The topological polar surface area (TPSA) is 58.2 Å². The van der Waals surface area contributed by atoms with Crippen molar-refractivity contribution in [2.24, 2.45) is 10.2 Å². The molecule has 1 fully saturated rings. The van der Waals surface area contributed by atoms with Crippen molar-refractivity contribution in [1.29, 1.82) is 0 Å². The summed E-state index contributed by atoms with van der Waals surface area (Å²) in [5.74, 6) is 0.461. The van der Waals surface area contributed by atoms with Crippen molar-refractivity contribution in [2.45, 2.75) is 13.8 Å². The lowest BCUT2D eigenvalue weighted by atomic mass is 10.1. The summed E-state index contributed by atoms with van der Waals surface area (Å²) in [6.45, 7) is 3.92. The minimum absolute atomic E-state index is 0.159. The molecule has 0 atom stereocenters. The molecule has 29 heavy (non-hydrogen) atoms. The number of anilines is 1. The summed E-state index contributed by atoms with van der Waals surface area (Å²) in [5.41, 5.74) is 4.23. The van der Waals surface area contributed by atoms with Gasteiger partial charge in [0, 0.05) is 6.08 Å². The zero-order chi connectivity index (χ0) is 20.4. The van der Waals surface area contributed by atoms with E-state index in [-0.39, 0.29) is 5.91 Å². The number of hydrogen-bond acceptors (Lipinski definition) is 6. The highest BCUT2D eigenvalue weighted by Gasteiger charge is 2.34. The van der Waals surface area contributed by atoms with Crippen LogP contribution in [0.4, 0.5) is 17.1 Å². The van der Waals surface area contributed by atoms with Gasteiger partial charge >= 0.3 is 0 Å². The summed E-state index contributed by atoms with van der Waals surface area (Å²) in [6.07, 6.45) is 3.28. The van der Waals surface area contributed by atoms with E-state index in [0.29, 0.717) is 20.7 Å². The quantitative estimate of drug-likeness (QED) is 0.268. The maximum Gasteiger partial charge on any atom is 0.270 e. The standard InChI is InChI=1S/C22H17N3O2S2/c1-14-6-3-4-8-18(14)24-23-16-9-10-19(15(2)12-16)25-21(26)20(29-22(25)28)13-17-7-5-11-27-17/h3-13H,1-2H3/b20-13-,24-23?. The van der Waals surface area contributed by atoms with Crippen LogP contribution >= 0.6 is 24.0 Å². The number of amides is 1. The molecule has 1 saturated heterocycles. The van der Waals surface area contributed by atoms with Crippen LogP contribution in [0.15, 0.2) is 80.4 Å². The molecule has 4 rings (SSSR count). The lowest BCUT2D eigenvalue weighted by molar-refractivity contribution is -0.113. The lowest BCUT2D eigenvalue weighted by Gasteiger charge is -2.17. The van der Waals surface area contributed by atoms with E-state index in [1.54, 1.807) is 29.4 Å². The Labute approximate surface area is 178 Å². The summed E-state index contributed by atoms with van der Waals surface area (Å²) in [6, 6.07) is 17.0. The van der Waals surface area contributed by atoms with E-state index >= 15 is 0 Å². The Hall–Kier alpha value is -3.03. The monoisotopic (exact) mass is 419 g/mol. The van der Waals surface area contributed by atoms with E-state index < -0.39 is 0 Å². The SMILES string of the molecule is Cc1ccccc1N=Nc1ccc(N2C(=O)/C(=C/c3ccco3)SC2=S)c(C)c1. The molecule has 2 aromatic carbocycles. The molecule has 1 amide bonds. The Balaban J connectivity index is 1.59. The zero-order valence-corrected chi connectivity index (χ0v) is 17.5. The van der Waals surface area contributed by atoms with Gasteiger partial charge in [0.25, 0.3) is 5.91 Å². The van der Waals surface area contributed by atoms with Crippen molar-refractivity contribution in [3.8, 4) is 0 Å². The molecule has 1 aromatic heterocycles. The number of rotatable bonds is 4. The molecular weight excluding hydrogens is 402 g/mol. The fraction of sp³-hybridized carbons (Fsp3) is 0.0909. The maximum atomic E-state index is 12.9. The molecule has 7 heteroatoms.